The van der Waals surface area contributed by atoms with Gasteiger partial charge in [0.05, 0.1) is 11.5 Å². The van der Waals surface area contributed by atoms with Gasteiger partial charge in [-0.05, 0) is 50.9 Å². The van der Waals surface area contributed by atoms with Crippen LogP contribution in [0.3, 0.4) is 0 Å². The molecule has 1 aliphatic heterocycles. The summed E-state index contributed by atoms with van der Waals surface area (Å²) in [6, 6.07) is 4.30. The molecule has 1 aliphatic rings. The standard InChI is InChI=1S/C17H25N3O4/c1-3-24-16-7-6-14(10-15(16)20(22)23)17(21)18-11-13(2)12-19-8-4-5-9-19/h6-7,10,13H,3-5,8-9,11-12H2,1-2H3,(H,18,21). The number of amides is 1. The Morgan fingerprint density at radius 2 is 2.12 bits per heavy atom. The third-order valence-corrected chi connectivity index (χ3v) is 4.10. The molecule has 0 bridgehead atoms. The topological polar surface area (TPSA) is 84.7 Å². The van der Waals surface area contributed by atoms with Crippen LogP contribution in [-0.2, 0) is 0 Å². The summed E-state index contributed by atoms with van der Waals surface area (Å²) >= 11 is 0. The molecule has 1 heterocycles. The maximum atomic E-state index is 12.2. The van der Waals surface area contributed by atoms with Crippen LogP contribution < -0.4 is 10.1 Å². The molecule has 1 atom stereocenters. The molecule has 2 rings (SSSR count). The van der Waals surface area contributed by atoms with E-state index in [1.807, 2.05) is 0 Å². The van der Waals surface area contributed by atoms with Crippen molar-refractivity contribution in [1.29, 1.82) is 0 Å². The number of carbonyl (C=O) groups excluding carboxylic acids is 1. The van der Waals surface area contributed by atoms with Crippen molar-refractivity contribution in [2.45, 2.75) is 26.7 Å². The number of nitrogens with zero attached hydrogens (tertiary/aromatic N) is 2. The Balaban J connectivity index is 1.93. The van der Waals surface area contributed by atoms with Gasteiger partial charge < -0.3 is 15.0 Å². The zero-order chi connectivity index (χ0) is 17.5. The molecule has 0 aromatic heterocycles. The molecule has 1 amide bonds. The Hall–Kier alpha value is -2.15. The predicted octanol–water partition coefficient (Wildman–Crippen LogP) is 2.46. The van der Waals surface area contributed by atoms with Gasteiger partial charge in [-0.25, -0.2) is 0 Å². The molecule has 24 heavy (non-hydrogen) atoms. The molecule has 0 saturated carbocycles. The highest BCUT2D eigenvalue weighted by molar-refractivity contribution is 5.95. The van der Waals surface area contributed by atoms with Crippen molar-refractivity contribution in [3.05, 3.63) is 33.9 Å². The van der Waals surface area contributed by atoms with Gasteiger partial charge in [-0.1, -0.05) is 6.92 Å². The highest BCUT2D eigenvalue weighted by Gasteiger charge is 2.19. The van der Waals surface area contributed by atoms with Gasteiger partial charge in [0.1, 0.15) is 0 Å². The van der Waals surface area contributed by atoms with Crippen LogP contribution in [0.5, 0.6) is 5.75 Å². The zero-order valence-electron chi connectivity index (χ0n) is 14.3. The van der Waals surface area contributed by atoms with Crippen molar-refractivity contribution in [3.8, 4) is 5.75 Å². The smallest absolute Gasteiger partial charge is 0.311 e. The Labute approximate surface area is 142 Å². The van der Waals surface area contributed by atoms with Crippen LogP contribution in [0.4, 0.5) is 5.69 Å². The van der Waals surface area contributed by atoms with Crippen LogP contribution in [0.2, 0.25) is 0 Å². The molecular formula is C17H25N3O4. The lowest BCUT2D eigenvalue weighted by molar-refractivity contribution is -0.385. The number of benzene rings is 1. The first-order valence-corrected chi connectivity index (χ1v) is 8.43. The monoisotopic (exact) mass is 335 g/mol. The molecule has 1 unspecified atom stereocenters. The maximum Gasteiger partial charge on any atom is 0.311 e. The van der Waals surface area contributed by atoms with E-state index in [9.17, 15) is 14.9 Å². The summed E-state index contributed by atoms with van der Waals surface area (Å²) in [5.41, 5.74) is 0.0909. The molecule has 1 aromatic rings. The van der Waals surface area contributed by atoms with Crippen molar-refractivity contribution in [2.75, 3.05) is 32.8 Å². The fourth-order valence-corrected chi connectivity index (χ4v) is 2.92. The lowest BCUT2D eigenvalue weighted by Gasteiger charge is -2.20. The highest BCUT2D eigenvalue weighted by atomic mass is 16.6. The number of ether oxygens (including phenoxy) is 1. The van der Waals surface area contributed by atoms with Crippen LogP contribution in [0.15, 0.2) is 18.2 Å². The maximum absolute atomic E-state index is 12.2. The van der Waals surface area contributed by atoms with Crippen LogP contribution in [-0.4, -0.2) is 48.5 Å². The number of hydrogen-bond donors (Lipinski definition) is 1. The fourth-order valence-electron chi connectivity index (χ4n) is 2.92. The number of nitrogens with one attached hydrogen (secondary N) is 1. The molecule has 7 heteroatoms. The van der Waals surface area contributed by atoms with Crippen molar-refractivity contribution in [3.63, 3.8) is 0 Å². The second-order valence-electron chi connectivity index (χ2n) is 6.20. The van der Waals surface area contributed by atoms with Gasteiger partial charge in [-0.3, -0.25) is 14.9 Å². The molecule has 1 aromatic carbocycles. The van der Waals surface area contributed by atoms with Crippen molar-refractivity contribution < 1.29 is 14.5 Å². The fraction of sp³-hybridized carbons (Fsp3) is 0.588. The summed E-state index contributed by atoms with van der Waals surface area (Å²) in [7, 11) is 0. The largest absolute Gasteiger partial charge is 0.487 e. The van der Waals surface area contributed by atoms with E-state index in [1.54, 1.807) is 13.0 Å². The van der Waals surface area contributed by atoms with E-state index in [4.69, 9.17) is 4.74 Å². The molecule has 132 valence electrons. The van der Waals surface area contributed by atoms with E-state index in [2.05, 4.69) is 17.1 Å². The zero-order valence-corrected chi connectivity index (χ0v) is 14.3. The van der Waals surface area contributed by atoms with Gasteiger partial charge >= 0.3 is 5.69 Å². The Kier molecular flexibility index (Phi) is 6.54. The first-order valence-electron chi connectivity index (χ1n) is 8.43. The van der Waals surface area contributed by atoms with E-state index in [1.165, 1.54) is 25.0 Å². The molecule has 0 radical (unpaired) electrons. The number of nitro groups is 1. The number of rotatable bonds is 8. The summed E-state index contributed by atoms with van der Waals surface area (Å²) in [5, 5.41) is 14.0. The van der Waals surface area contributed by atoms with Crippen molar-refractivity contribution in [1.82, 2.24) is 10.2 Å². The summed E-state index contributed by atoms with van der Waals surface area (Å²) in [6.07, 6.45) is 2.49. The van der Waals surface area contributed by atoms with E-state index in [-0.39, 0.29) is 22.9 Å². The van der Waals surface area contributed by atoms with Gasteiger partial charge in [0.2, 0.25) is 0 Å². The number of nitro benzene ring substituents is 1. The second-order valence-corrected chi connectivity index (χ2v) is 6.20. The minimum Gasteiger partial charge on any atom is -0.487 e. The van der Waals surface area contributed by atoms with E-state index in [0.29, 0.717) is 19.1 Å². The second kappa shape index (κ2) is 8.63. The van der Waals surface area contributed by atoms with Crippen LogP contribution in [0.1, 0.15) is 37.0 Å². The molecule has 0 spiro atoms. The number of carbonyl (C=O) groups is 1. The van der Waals surface area contributed by atoms with E-state index < -0.39 is 4.92 Å². The van der Waals surface area contributed by atoms with E-state index >= 15 is 0 Å². The van der Waals surface area contributed by atoms with E-state index in [0.717, 1.165) is 19.6 Å². The minimum absolute atomic E-state index is 0.182. The summed E-state index contributed by atoms with van der Waals surface area (Å²) < 4.78 is 5.23. The molecule has 7 nitrogen and oxygen atoms in total. The third-order valence-electron chi connectivity index (χ3n) is 4.10. The first-order chi connectivity index (χ1) is 11.5. The highest BCUT2D eigenvalue weighted by Crippen LogP contribution is 2.27. The molecule has 1 saturated heterocycles. The molecule has 1 fully saturated rings. The van der Waals surface area contributed by atoms with Crippen molar-refractivity contribution in [2.24, 2.45) is 5.92 Å². The average molecular weight is 335 g/mol. The van der Waals surface area contributed by atoms with Gasteiger partial charge in [0.15, 0.2) is 5.75 Å². The summed E-state index contributed by atoms with van der Waals surface area (Å²) in [6.45, 7) is 7.96. The van der Waals surface area contributed by atoms with Gasteiger partial charge in [0, 0.05) is 24.7 Å². The Morgan fingerprint density at radius 1 is 1.42 bits per heavy atom. The van der Waals surface area contributed by atoms with Crippen LogP contribution >= 0.6 is 0 Å². The minimum atomic E-state index is -0.530. The Morgan fingerprint density at radius 3 is 2.75 bits per heavy atom. The quantitative estimate of drug-likeness (QED) is 0.583. The average Bonchev–Trinajstić information content (AvgIpc) is 3.06. The lowest BCUT2D eigenvalue weighted by Crippen LogP contribution is -2.34. The summed E-state index contributed by atoms with van der Waals surface area (Å²) in [4.78, 5) is 25.2. The van der Waals surface area contributed by atoms with Gasteiger partial charge in [-0.2, -0.15) is 0 Å². The summed E-state index contributed by atoms with van der Waals surface area (Å²) in [5.74, 6) is 0.223. The lowest BCUT2D eigenvalue weighted by atomic mass is 10.1. The number of likely N-dealkylation sites (tertiary alicyclic amines) is 1. The first kappa shape index (κ1) is 18.2. The normalized spacial score (nSPS) is 15.9. The predicted molar refractivity (Wildman–Crippen MR) is 91.4 cm³/mol. The number of hydrogen-bond acceptors (Lipinski definition) is 5. The van der Waals surface area contributed by atoms with Crippen LogP contribution in [0, 0.1) is 16.0 Å². The van der Waals surface area contributed by atoms with Gasteiger partial charge in [0.25, 0.3) is 5.91 Å². The third kappa shape index (κ3) is 4.92. The molecule has 1 N–H and O–H groups in total. The Bertz CT molecular complexity index is 585. The SMILES string of the molecule is CCOc1ccc(C(=O)NCC(C)CN2CCCC2)cc1[N+](=O)[O-]. The molecule has 0 aliphatic carbocycles. The van der Waals surface area contributed by atoms with Crippen molar-refractivity contribution >= 4 is 11.6 Å². The van der Waals surface area contributed by atoms with Gasteiger partial charge in [-0.15, -0.1) is 0 Å². The molecular weight excluding hydrogens is 310 g/mol. The van der Waals surface area contributed by atoms with Crippen LogP contribution in [0.25, 0.3) is 0 Å².